The van der Waals surface area contributed by atoms with Crippen LogP contribution >= 0.6 is 23.1 Å². The van der Waals surface area contributed by atoms with Crippen molar-refractivity contribution in [1.29, 1.82) is 0 Å². The number of benzene rings is 2. The fourth-order valence-electron chi connectivity index (χ4n) is 5.56. The summed E-state index contributed by atoms with van der Waals surface area (Å²) in [5, 5.41) is 1.65. The third kappa shape index (κ3) is 6.17. The average molecular weight is 602 g/mol. The first-order chi connectivity index (χ1) is 20.6. The molecule has 2 aromatic carbocycles. The van der Waals surface area contributed by atoms with Gasteiger partial charge in [0.1, 0.15) is 28.6 Å². The normalized spacial score (nSPS) is 17.9. The number of hydrogen-bond acceptors (Lipinski definition) is 9. The molecule has 5 aromatic rings. The summed E-state index contributed by atoms with van der Waals surface area (Å²) in [7, 11) is 0. The molecule has 3 aromatic heterocycles. The summed E-state index contributed by atoms with van der Waals surface area (Å²) in [6, 6.07) is 16.1. The van der Waals surface area contributed by atoms with E-state index in [1.807, 2.05) is 37.3 Å². The van der Waals surface area contributed by atoms with Crippen LogP contribution in [0.5, 0.6) is 5.88 Å². The molecule has 9 nitrogen and oxygen atoms in total. The van der Waals surface area contributed by atoms with E-state index in [1.165, 1.54) is 11.5 Å². The van der Waals surface area contributed by atoms with Gasteiger partial charge in [-0.1, -0.05) is 23.7 Å². The first kappa shape index (κ1) is 27.4. The molecular formula is C31H32ClN7O2S. The van der Waals surface area contributed by atoms with E-state index in [1.54, 1.807) is 6.20 Å². The monoisotopic (exact) mass is 601 g/mol. The zero-order valence-corrected chi connectivity index (χ0v) is 25.0. The van der Waals surface area contributed by atoms with Crippen molar-refractivity contribution in [3.63, 3.8) is 0 Å². The number of likely N-dealkylation sites (tertiary alicyclic amines) is 1. The topological polar surface area (TPSA) is 91.1 Å². The molecule has 42 heavy (non-hydrogen) atoms. The van der Waals surface area contributed by atoms with Gasteiger partial charge < -0.3 is 14.0 Å². The average Bonchev–Trinajstić information content (AvgIpc) is 3.55. The highest BCUT2D eigenvalue weighted by molar-refractivity contribution is 7.09. The number of aryl methyl sites for hydroxylation is 1. The molecule has 0 saturated carbocycles. The molecule has 0 N–H and O–H groups in total. The van der Waals surface area contributed by atoms with Crippen LogP contribution in [0.2, 0.25) is 5.02 Å². The molecular weight excluding hydrogens is 570 g/mol. The van der Waals surface area contributed by atoms with Gasteiger partial charge in [0.05, 0.1) is 30.2 Å². The molecule has 7 rings (SSSR count). The van der Waals surface area contributed by atoms with Crippen LogP contribution in [0.15, 0.2) is 54.7 Å². The van der Waals surface area contributed by atoms with Crippen LogP contribution in [0, 0.1) is 6.92 Å². The van der Waals surface area contributed by atoms with Crippen LogP contribution in [0.1, 0.15) is 42.3 Å². The van der Waals surface area contributed by atoms with Gasteiger partial charge in [-0.15, -0.1) is 0 Å². The van der Waals surface area contributed by atoms with Crippen molar-refractivity contribution in [3.8, 4) is 16.5 Å². The quantitative estimate of drug-likeness (QED) is 0.212. The van der Waals surface area contributed by atoms with Crippen LogP contribution in [-0.4, -0.2) is 65.7 Å². The summed E-state index contributed by atoms with van der Waals surface area (Å²) in [5.74, 6) is 3.25. The predicted molar refractivity (Wildman–Crippen MR) is 163 cm³/mol. The van der Waals surface area contributed by atoms with Crippen LogP contribution in [0.3, 0.4) is 0 Å². The number of aromatic nitrogens is 6. The minimum Gasteiger partial charge on any atom is -0.474 e. The highest BCUT2D eigenvalue weighted by Gasteiger charge is 2.26. The van der Waals surface area contributed by atoms with Crippen molar-refractivity contribution in [2.45, 2.75) is 57.9 Å². The fourth-order valence-corrected chi connectivity index (χ4v) is 6.35. The Morgan fingerprint density at radius 1 is 1.02 bits per heavy atom. The van der Waals surface area contributed by atoms with E-state index >= 15 is 0 Å². The molecule has 0 radical (unpaired) electrons. The zero-order valence-electron chi connectivity index (χ0n) is 23.4. The Hall–Kier alpha value is -3.44. The van der Waals surface area contributed by atoms with E-state index in [2.05, 4.69) is 47.0 Å². The Labute approximate surface area is 253 Å². The Bertz CT molecular complexity index is 1680. The lowest BCUT2D eigenvalue weighted by atomic mass is 10.1. The number of hydrogen-bond donors (Lipinski definition) is 0. The molecule has 216 valence electrons. The first-order valence-corrected chi connectivity index (χ1v) is 15.6. The maximum atomic E-state index is 6.31. The Morgan fingerprint density at radius 3 is 2.60 bits per heavy atom. The van der Waals surface area contributed by atoms with Gasteiger partial charge >= 0.3 is 0 Å². The lowest BCUT2D eigenvalue weighted by molar-refractivity contribution is -0.0592. The number of fused-ring (bicyclic) bond motifs is 1. The second-order valence-electron chi connectivity index (χ2n) is 11.0. The van der Waals surface area contributed by atoms with Gasteiger partial charge in [-0.25, -0.2) is 15.0 Å². The lowest BCUT2D eigenvalue weighted by Crippen LogP contribution is -2.39. The molecule has 1 atom stereocenters. The third-order valence-corrected chi connectivity index (χ3v) is 9.03. The number of piperidine rings is 1. The smallest absolute Gasteiger partial charge is 0.216 e. The molecule has 2 aliphatic rings. The van der Waals surface area contributed by atoms with Crippen molar-refractivity contribution < 1.29 is 9.47 Å². The Morgan fingerprint density at radius 2 is 1.86 bits per heavy atom. The minimum absolute atomic E-state index is 0.125. The van der Waals surface area contributed by atoms with E-state index in [4.69, 9.17) is 26.1 Å². The number of ether oxygens (including phenoxy) is 2. The zero-order chi connectivity index (χ0) is 28.5. The summed E-state index contributed by atoms with van der Waals surface area (Å²) in [4.78, 5) is 21.2. The second kappa shape index (κ2) is 12.0. The molecule has 0 spiro atoms. The number of nitrogens with zero attached hydrogens (tertiary/aromatic N) is 7. The van der Waals surface area contributed by atoms with Crippen molar-refractivity contribution >= 4 is 34.2 Å². The van der Waals surface area contributed by atoms with E-state index in [-0.39, 0.29) is 12.2 Å². The van der Waals surface area contributed by atoms with Crippen LogP contribution in [0.4, 0.5) is 0 Å². The molecule has 2 saturated heterocycles. The Kier molecular flexibility index (Phi) is 7.86. The fraction of sp³-hybridized carbons (Fsp3) is 0.387. The molecule has 5 heterocycles. The van der Waals surface area contributed by atoms with Gasteiger partial charge in [-0.05, 0) is 73.6 Å². The van der Waals surface area contributed by atoms with Gasteiger partial charge in [0.15, 0.2) is 0 Å². The van der Waals surface area contributed by atoms with Crippen molar-refractivity contribution in [2.24, 2.45) is 0 Å². The Balaban J connectivity index is 1.01. The standard InChI is InChI=1S/C31H32ClN7O2S/c1-20-34-31(42-37-20)22-4-7-27-26(17-22)35-29(39(27)18-25-11-15-40-25)19-38-13-9-24(10-14-38)41-30-8-12-33-28(36-30)16-21-2-5-23(32)6-3-21/h2-8,12,17,24-25H,9-11,13-16,18-19H2,1H3. The van der Waals surface area contributed by atoms with E-state index in [9.17, 15) is 0 Å². The van der Waals surface area contributed by atoms with Crippen LogP contribution < -0.4 is 4.74 Å². The summed E-state index contributed by atoms with van der Waals surface area (Å²) in [6.45, 7) is 6.26. The van der Waals surface area contributed by atoms with E-state index in [0.717, 1.165) is 102 Å². The maximum absolute atomic E-state index is 6.31. The minimum atomic E-state index is 0.125. The van der Waals surface area contributed by atoms with E-state index in [0.29, 0.717) is 12.3 Å². The molecule has 0 aliphatic carbocycles. The molecule has 0 bridgehead atoms. The number of rotatable bonds is 9. The lowest BCUT2D eigenvalue weighted by Gasteiger charge is -2.32. The molecule has 2 aliphatic heterocycles. The van der Waals surface area contributed by atoms with Crippen molar-refractivity contribution in [2.75, 3.05) is 19.7 Å². The molecule has 11 heteroatoms. The summed E-state index contributed by atoms with van der Waals surface area (Å²) in [6.07, 6.45) is 5.75. The first-order valence-electron chi connectivity index (χ1n) is 14.4. The molecule has 1 unspecified atom stereocenters. The van der Waals surface area contributed by atoms with Gasteiger partial charge in [0.25, 0.3) is 0 Å². The SMILES string of the molecule is Cc1nsc(-c2ccc3c(c2)nc(CN2CCC(Oc4ccnc(Cc5ccc(Cl)cc5)n4)CC2)n3CC2CCO2)n1. The predicted octanol–water partition coefficient (Wildman–Crippen LogP) is 5.73. The van der Waals surface area contributed by atoms with Crippen molar-refractivity contribution in [1.82, 2.24) is 33.8 Å². The molecule has 0 amide bonds. The molecule has 2 fully saturated rings. The van der Waals surface area contributed by atoms with Gasteiger partial charge in [-0.2, -0.15) is 9.36 Å². The number of halogens is 1. The number of imidazole rings is 1. The summed E-state index contributed by atoms with van der Waals surface area (Å²) in [5.41, 5.74) is 4.31. The maximum Gasteiger partial charge on any atom is 0.216 e. The van der Waals surface area contributed by atoms with Gasteiger partial charge in [0.2, 0.25) is 5.88 Å². The third-order valence-electron chi connectivity index (χ3n) is 7.92. The second-order valence-corrected chi connectivity index (χ2v) is 12.2. The summed E-state index contributed by atoms with van der Waals surface area (Å²) >= 11 is 7.45. The van der Waals surface area contributed by atoms with Gasteiger partial charge in [0, 0.05) is 49.0 Å². The highest BCUT2D eigenvalue weighted by atomic mass is 35.5. The van der Waals surface area contributed by atoms with Crippen LogP contribution in [-0.2, 0) is 24.2 Å². The summed E-state index contributed by atoms with van der Waals surface area (Å²) < 4.78 is 18.8. The van der Waals surface area contributed by atoms with Crippen molar-refractivity contribution in [3.05, 3.63) is 82.8 Å². The van der Waals surface area contributed by atoms with Gasteiger partial charge in [-0.3, -0.25) is 4.90 Å². The highest BCUT2D eigenvalue weighted by Crippen LogP contribution is 2.29. The van der Waals surface area contributed by atoms with Crippen LogP contribution in [0.25, 0.3) is 21.6 Å². The van der Waals surface area contributed by atoms with E-state index < -0.39 is 0 Å². The largest absolute Gasteiger partial charge is 0.474 e.